The molecule has 0 aliphatic rings. The maximum absolute atomic E-state index is 12.2. The van der Waals surface area contributed by atoms with E-state index in [4.69, 9.17) is 9.63 Å². The first-order valence-electron chi connectivity index (χ1n) is 7.35. The van der Waals surface area contributed by atoms with Gasteiger partial charge in [0.25, 0.3) is 5.91 Å². The second kappa shape index (κ2) is 6.64. The molecule has 2 rings (SSSR count). The van der Waals surface area contributed by atoms with E-state index >= 15 is 0 Å². The second-order valence-corrected chi connectivity index (χ2v) is 6.17. The summed E-state index contributed by atoms with van der Waals surface area (Å²) in [5.74, 6) is -1.20. The maximum atomic E-state index is 12.2. The lowest BCUT2D eigenvalue weighted by atomic mass is 9.98. The van der Waals surface area contributed by atoms with Crippen LogP contribution in [0.5, 0.6) is 0 Å². The van der Waals surface area contributed by atoms with E-state index in [0.29, 0.717) is 12.1 Å². The number of carbonyl (C=O) groups excluding carboxylic acids is 1. The van der Waals surface area contributed by atoms with Gasteiger partial charge in [0.15, 0.2) is 0 Å². The van der Waals surface area contributed by atoms with E-state index in [9.17, 15) is 9.59 Å². The number of carboxylic acids is 1. The van der Waals surface area contributed by atoms with Gasteiger partial charge in [-0.1, -0.05) is 35.0 Å². The molecule has 0 aliphatic heterocycles. The van der Waals surface area contributed by atoms with Gasteiger partial charge in [0.05, 0.1) is 0 Å². The molecule has 122 valence electrons. The number of nitrogens with one attached hydrogen (secondary N) is 1. The van der Waals surface area contributed by atoms with Crippen LogP contribution in [-0.2, 0) is 4.79 Å². The topological polar surface area (TPSA) is 92.4 Å². The summed E-state index contributed by atoms with van der Waals surface area (Å²) in [5, 5.41) is 15.4. The quantitative estimate of drug-likeness (QED) is 0.854. The van der Waals surface area contributed by atoms with Crippen molar-refractivity contribution < 1.29 is 19.2 Å². The fourth-order valence-electron chi connectivity index (χ4n) is 2.09. The number of benzene rings is 1. The minimum Gasteiger partial charge on any atom is -0.481 e. The van der Waals surface area contributed by atoms with Crippen molar-refractivity contribution in [2.24, 2.45) is 0 Å². The van der Waals surface area contributed by atoms with Crippen LogP contribution in [0.25, 0.3) is 11.3 Å². The number of aromatic nitrogens is 1. The standard InChI is InChI=1S/C17H20N2O4/c1-11-4-6-12(7-5-11)13-10-14(23-19-13)16(22)18-17(2,3)9-8-15(20)21/h4-7,10H,8-9H2,1-3H3,(H,18,22)(H,20,21). The molecule has 2 N–H and O–H groups in total. The third-order valence-electron chi connectivity index (χ3n) is 3.50. The molecule has 0 aliphatic carbocycles. The molecule has 6 nitrogen and oxygen atoms in total. The molecule has 6 heteroatoms. The van der Waals surface area contributed by atoms with E-state index in [1.165, 1.54) is 0 Å². The Labute approximate surface area is 134 Å². The van der Waals surface area contributed by atoms with E-state index in [2.05, 4.69) is 10.5 Å². The van der Waals surface area contributed by atoms with Gasteiger partial charge in [0.1, 0.15) is 5.69 Å². The smallest absolute Gasteiger partial charge is 0.303 e. The van der Waals surface area contributed by atoms with Gasteiger partial charge in [-0.3, -0.25) is 9.59 Å². The van der Waals surface area contributed by atoms with Gasteiger partial charge < -0.3 is 14.9 Å². The van der Waals surface area contributed by atoms with E-state index in [0.717, 1.165) is 11.1 Å². The van der Waals surface area contributed by atoms with Crippen molar-refractivity contribution in [2.45, 2.75) is 39.2 Å². The largest absolute Gasteiger partial charge is 0.481 e. The van der Waals surface area contributed by atoms with Crippen LogP contribution in [-0.4, -0.2) is 27.7 Å². The molecule has 1 amide bonds. The lowest BCUT2D eigenvalue weighted by Crippen LogP contribution is -2.43. The molecule has 0 saturated heterocycles. The molecule has 0 fully saturated rings. The Hall–Kier alpha value is -2.63. The summed E-state index contributed by atoms with van der Waals surface area (Å²) in [6.07, 6.45) is 0.311. The Bertz CT molecular complexity index is 702. The Morgan fingerprint density at radius 1 is 1.26 bits per heavy atom. The van der Waals surface area contributed by atoms with Gasteiger partial charge in [0.2, 0.25) is 5.76 Å². The van der Waals surface area contributed by atoms with E-state index in [1.54, 1.807) is 19.9 Å². The van der Waals surface area contributed by atoms with E-state index < -0.39 is 17.4 Å². The number of rotatable bonds is 6. The Morgan fingerprint density at radius 2 is 1.91 bits per heavy atom. The maximum Gasteiger partial charge on any atom is 0.303 e. The third-order valence-corrected chi connectivity index (χ3v) is 3.50. The van der Waals surface area contributed by atoms with Crippen LogP contribution < -0.4 is 5.32 Å². The van der Waals surface area contributed by atoms with E-state index in [-0.39, 0.29) is 12.2 Å². The van der Waals surface area contributed by atoms with Crippen LogP contribution in [0.2, 0.25) is 0 Å². The monoisotopic (exact) mass is 316 g/mol. The number of aryl methyl sites for hydroxylation is 1. The molecular weight excluding hydrogens is 296 g/mol. The van der Waals surface area contributed by atoms with Crippen LogP contribution >= 0.6 is 0 Å². The number of amides is 1. The first kappa shape index (κ1) is 16.7. The predicted molar refractivity (Wildman–Crippen MR) is 85.1 cm³/mol. The van der Waals surface area contributed by atoms with Crippen molar-refractivity contribution in [3.63, 3.8) is 0 Å². The van der Waals surface area contributed by atoms with Gasteiger partial charge in [-0.2, -0.15) is 0 Å². The Balaban J connectivity index is 2.06. The van der Waals surface area contributed by atoms with Crippen molar-refractivity contribution in [1.29, 1.82) is 0 Å². The van der Waals surface area contributed by atoms with Crippen LogP contribution in [0.1, 0.15) is 42.8 Å². The van der Waals surface area contributed by atoms with Gasteiger partial charge >= 0.3 is 5.97 Å². The van der Waals surface area contributed by atoms with Gasteiger partial charge in [0, 0.05) is 23.6 Å². The molecule has 0 unspecified atom stereocenters. The van der Waals surface area contributed by atoms with Gasteiger partial charge in [-0.15, -0.1) is 0 Å². The number of nitrogens with zero attached hydrogens (tertiary/aromatic N) is 1. The molecule has 0 saturated carbocycles. The summed E-state index contributed by atoms with van der Waals surface area (Å²) in [6.45, 7) is 5.53. The highest BCUT2D eigenvalue weighted by Crippen LogP contribution is 2.20. The van der Waals surface area contributed by atoms with Crippen LogP contribution in [0, 0.1) is 6.92 Å². The fourth-order valence-corrected chi connectivity index (χ4v) is 2.09. The average molecular weight is 316 g/mol. The lowest BCUT2D eigenvalue weighted by Gasteiger charge is -2.24. The normalized spacial score (nSPS) is 11.3. The van der Waals surface area contributed by atoms with Crippen molar-refractivity contribution in [1.82, 2.24) is 10.5 Å². The first-order chi connectivity index (χ1) is 10.8. The lowest BCUT2D eigenvalue weighted by molar-refractivity contribution is -0.137. The minimum absolute atomic E-state index is 0.0156. The molecule has 0 radical (unpaired) electrons. The highest BCUT2D eigenvalue weighted by atomic mass is 16.5. The molecule has 1 aromatic heterocycles. The number of carboxylic acid groups (broad SMARTS) is 1. The molecule has 0 atom stereocenters. The fraction of sp³-hybridized carbons (Fsp3) is 0.353. The molecule has 1 aromatic carbocycles. The van der Waals surface area contributed by atoms with Crippen molar-refractivity contribution in [3.8, 4) is 11.3 Å². The van der Waals surface area contributed by atoms with Gasteiger partial charge in [-0.25, -0.2) is 0 Å². The zero-order valence-corrected chi connectivity index (χ0v) is 13.4. The first-order valence-corrected chi connectivity index (χ1v) is 7.35. The Kier molecular flexibility index (Phi) is 4.83. The Morgan fingerprint density at radius 3 is 2.52 bits per heavy atom. The molecule has 1 heterocycles. The molecule has 2 aromatic rings. The summed E-state index contributed by atoms with van der Waals surface area (Å²) in [5.41, 5.74) is 1.93. The SMILES string of the molecule is Cc1ccc(-c2cc(C(=O)NC(C)(C)CCC(=O)O)on2)cc1. The minimum atomic E-state index is -0.895. The summed E-state index contributed by atoms with van der Waals surface area (Å²) < 4.78 is 5.10. The van der Waals surface area contributed by atoms with E-state index in [1.807, 2.05) is 31.2 Å². The van der Waals surface area contributed by atoms with Crippen LogP contribution in [0.15, 0.2) is 34.9 Å². The van der Waals surface area contributed by atoms with Crippen molar-refractivity contribution >= 4 is 11.9 Å². The number of aliphatic carboxylic acids is 1. The number of carbonyl (C=O) groups is 2. The summed E-state index contributed by atoms with van der Waals surface area (Å²) >= 11 is 0. The predicted octanol–water partition coefficient (Wildman–Crippen LogP) is 3.02. The highest BCUT2D eigenvalue weighted by molar-refractivity contribution is 5.92. The van der Waals surface area contributed by atoms with Crippen LogP contribution in [0.3, 0.4) is 0 Å². The molecule has 23 heavy (non-hydrogen) atoms. The summed E-state index contributed by atoms with van der Waals surface area (Å²) in [4.78, 5) is 22.9. The average Bonchev–Trinajstić information content (AvgIpc) is 2.95. The summed E-state index contributed by atoms with van der Waals surface area (Å²) in [6, 6.07) is 9.31. The van der Waals surface area contributed by atoms with Crippen molar-refractivity contribution in [2.75, 3.05) is 0 Å². The number of hydrogen-bond donors (Lipinski definition) is 2. The third kappa shape index (κ3) is 4.67. The zero-order valence-electron chi connectivity index (χ0n) is 13.4. The second-order valence-electron chi connectivity index (χ2n) is 6.17. The molecule has 0 bridgehead atoms. The number of hydrogen-bond acceptors (Lipinski definition) is 4. The van der Waals surface area contributed by atoms with Gasteiger partial charge in [-0.05, 0) is 27.2 Å². The molecular formula is C17H20N2O4. The molecule has 0 spiro atoms. The van der Waals surface area contributed by atoms with Crippen LogP contribution in [0.4, 0.5) is 0 Å². The highest BCUT2D eigenvalue weighted by Gasteiger charge is 2.24. The zero-order chi connectivity index (χ0) is 17.0. The summed E-state index contributed by atoms with van der Waals surface area (Å²) in [7, 11) is 0. The van der Waals surface area contributed by atoms with Crippen molar-refractivity contribution in [3.05, 3.63) is 41.7 Å².